The van der Waals surface area contributed by atoms with Crippen molar-refractivity contribution in [3.05, 3.63) is 0 Å². The number of nitrogens with zero attached hydrogens (tertiary/aromatic N) is 2. The monoisotopic (exact) mass is 305 g/mol. The van der Waals surface area contributed by atoms with E-state index in [9.17, 15) is 22.0 Å². The zero-order chi connectivity index (χ0) is 12.8. The number of halogens is 8. The molecule has 0 unspecified atom stereocenters. The Morgan fingerprint density at radius 3 is 2.00 bits per heavy atom. The molecule has 0 aromatic heterocycles. The van der Waals surface area contributed by atoms with Crippen LogP contribution in [0, 0.1) is 0 Å². The number of rotatable bonds is 1. The quantitative estimate of drug-likeness (QED) is 0.458. The highest BCUT2D eigenvalue weighted by atomic mass is 35.6. The highest BCUT2D eigenvalue weighted by Crippen LogP contribution is 2.42. The minimum atomic E-state index is -5.80. The fraction of sp³-hybridized carbons (Fsp3) is 0.800. The SMILES string of the molecule is FC(F)(F)C(F)(F)N1CNN=C1C(Cl)(Cl)Cl. The molecule has 0 aliphatic carbocycles. The molecule has 0 aromatic carbocycles. The zero-order valence-corrected chi connectivity index (χ0v) is 9.39. The molecule has 1 aliphatic heterocycles. The van der Waals surface area contributed by atoms with Crippen LogP contribution >= 0.6 is 34.8 Å². The van der Waals surface area contributed by atoms with E-state index in [1.165, 1.54) is 0 Å². The van der Waals surface area contributed by atoms with Crippen molar-refractivity contribution in [1.29, 1.82) is 0 Å². The van der Waals surface area contributed by atoms with Crippen molar-refractivity contribution >= 4 is 40.6 Å². The molecule has 94 valence electrons. The molecule has 3 nitrogen and oxygen atoms in total. The third-order valence-electron chi connectivity index (χ3n) is 1.60. The molecule has 0 amide bonds. The van der Waals surface area contributed by atoms with E-state index in [4.69, 9.17) is 34.8 Å². The van der Waals surface area contributed by atoms with Crippen molar-refractivity contribution in [1.82, 2.24) is 10.3 Å². The number of hydrazone groups is 1. The average Bonchev–Trinajstić information content (AvgIpc) is 2.47. The first-order chi connectivity index (χ1) is 6.98. The maximum Gasteiger partial charge on any atom is 0.475 e. The van der Waals surface area contributed by atoms with E-state index < -0.39 is 33.4 Å². The first-order valence-corrected chi connectivity index (χ1v) is 4.71. The van der Waals surface area contributed by atoms with Gasteiger partial charge in [-0.3, -0.25) is 10.3 Å². The average molecular weight is 306 g/mol. The maximum atomic E-state index is 12.9. The summed E-state index contributed by atoms with van der Waals surface area (Å²) in [5.41, 5.74) is 1.89. The van der Waals surface area contributed by atoms with E-state index in [0.717, 1.165) is 0 Å². The van der Waals surface area contributed by atoms with E-state index in [-0.39, 0.29) is 0 Å². The van der Waals surface area contributed by atoms with Crippen molar-refractivity contribution in [2.45, 2.75) is 16.0 Å². The predicted octanol–water partition coefficient (Wildman–Crippen LogP) is 2.69. The third-order valence-corrected chi connectivity index (χ3v) is 2.11. The second-order valence-electron chi connectivity index (χ2n) is 2.72. The standard InChI is InChI=1S/C5H3Cl3F5N3/c6-3(7,8)2-15-14-1-16(2)5(12,13)4(9,10)11/h14H,1H2. The molecule has 0 fully saturated rings. The van der Waals surface area contributed by atoms with Gasteiger partial charge < -0.3 is 0 Å². The minimum Gasteiger partial charge on any atom is -0.288 e. The van der Waals surface area contributed by atoms with Gasteiger partial charge in [0, 0.05) is 0 Å². The van der Waals surface area contributed by atoms with Crippen LogP contribution in [-0.2, 0) is 0 Å². The summed E-state index contributed by atoms with van der Waals surface area (Å²) >= 11 is 15.6. The van der Waals surface area contributed by atoms with Gasteiger partial charge in [-0.25, -0.2) is 0 Å². The van der Waals surface area contributed by atoms with Crippen LogP contribution in [0.15, 0.2) is 5.10 Å². The fourth-order valence-electron chi connectivity index (χ4n) is 0.918. The second kappa shape index (κ2) is 3.92. The molecular formula is C5H3Cl3F5N3. The van der Waals surface area contributed by atoms with Gasteiger partial charge in [0.05, 0.1) is 0 Å². The molecule has 11 heteroatoms. The van der Waals surface area contributed by atoms with Gasteiger partial charge in [0.1, 0.15) is 6.67 Å². The Kier molecular flexibility index (Phi) is 3.39. The van der Waals surface area contributed by atoms with Crippen LogP contribution in [0.5, 0.6) is 0 Å². The number of nitrogens with one attached hydrogen (secondary N) is 1. The number of hydrogen-bond donors (Lipinski definition) is 1. The molecule has 1 rings (SSSR count). The van der Waals surface area contributed by atoms with Crippen LogP contribution in [0.3, 0.4) is 0 Å². The van der Waals surface area contributed by atoms with Crippen LogP contribution in [0.2, 0.25) is 0 Å². The molecule has 0 spiro atoms. The van der Waals surface area contributed by atoms with Crippen LogP contribution in [0.4, 0.5) is 22.0 Å². The summed E-state index contributed by atoms with van der Waals surface area (Å²) in [4.78, 5) is -0.458. The lowest BCUT2D eigenvalue weighted by atomic mass is 10.4. The molecule has 0 saturated heterocycles. The van der Waals surface area contributed by atoms with Gasteiger partial charge in [-0.2, -0.15) is 27.1 Å². The molecule has 0 atom stereocenters. The summed E-state index contributed by atoms with van der Waals surface area (Å²) in [5.74, 6) is -1.01. The van der Waals surface area contributed by atoms with Crippen molar-refractivity contribution in [3.63, 3.8) is 0 Å². The molecule has 1 N–H and O–H groups in total. The van der Waals surface area contributed by atoms with Crippen molar-refractivity contribution in [2.24, 2.45) is 5.10 Å². The lowest BCUT2D eigenvalue weighted by Crippen LogP contribution is -2.56. The van der Waals surface area contributed by atoms with E-state index >= 15 is 0 Å². The van der Waals surface area contributed by atoms with Crippen LogP contribution < -0.4 is 5.43 Å². The Labute approximate surface area is 101 Å². The highest BCUT2D eigenvalue weighted by molar-refractivity contribution is 6.76. The summed E-state index contributed by atoms with van der Waals surface area (Å²) in [6.07, 6.45) is -5.80. The molecular weight excluding hydrogens is 303 g/mol. The first-order valence-electron chi connectivity index (χ1n) is 3.58. The Balaban J connectivity index is 3.03. The minimum absolute atomic E-state index is 0.458. The fourth-order valence-corrected chi connectivity index (χ4v) is 1.35. The van der Waals surface area contributed by atoms with Crippen LogP contribution in [-0.4, -0.2) is 33.4 Å². The van der Waals surface area contributed by atoms with Crippen LogP contribution in [0.1, 0.15) is 0 Å². The third kappa shape index (κ3) is 2.38. The largest absolute Gasteiger partial charge is 0.475 e. The van der Waals surface area contributed by atoms with E-state index in [1.807, 2.05) is 5.43 Å². The van der Waals surface area contributed by atoms with Gasteiger partial charge in [0.15, 0.2) is 5.84 Å². The van der Waals surface area contributed by atoms with Gasteiger partial charge in [0.25, 0.3) is 0 Å². The van der Waals surface area contributed by atoms with Crippen molar-refractivity contribution in [2.75, 3.05) is 6.67 Å². The first kappa shape index (κ1) is 13.9. The number of hydrogen-bond acceptors (Lipinski definition) is 3. The van der Waals surface area contributed by atoms with Gasteiger partial charge in [-0.05, 0) is 0 Å². The Bertz CT molecular complexity index is 309. The second-order valence-corrected chi connectivity index (χ2v) is 5.00. The maximum absolute atomic E-state index is 12.9. The van der Waals surface area contributed by atoms with Crippen LogP contribution in [0.25, 0.3) is 0 Å². The smallest absolute Gasteiger partial charge is 0.288 e. The van der Waals surface area contributed by atoms with E-state index in [0.29, 0.717) is 0 Å². The lowest BCUT2D eigenvalue weighted by Gasteiger charge is -2.32. The lowest BCUT2D eigenvalue weighted by molar-refractivity contribution is -0.325. The molecule has 0 radical (unpaired) electrons. The van der Waals surface area contributed by atoms with Gasteiger partial charge in [-0.1, -0.05) is 34.8 Å². The number of amidine groups is 1. The molecule has 0 aromatic rings. The van der Waals surface area contributed by atoms with E-state index in [2.05, 4.69) is 5.10 Å². The normalized spacial score (nSPS) is 18.5. The van der Waals surface area contributed by atoms with Crippen molar-refractivity contribution < 1.29 is 22.0 Å². The van der Waals surface area contributed by atoms with Gasteiger partial charge in [0.2, 0.25) is 3.79 Å². The molecule has 0 bridgehead atoms. The van der Waals surface area contributed by atoms with Gasteiger partial charge in [-0.15, -0.1) is 0 Å². The molecule has 16 heavy (non-hydrogen) atoms. The summed E-state index contributed by atoms with van der Waals surface area (Å²) in [5, 5.41) is 3.08. The molecule has 0 saturated carbocycles. The number of alkyl halides is 8. The summed E-state index contributed by atoms with van der Waals surface area (Å²) in [7, 11) is 0. The van der Waals surface area contributed by atoms with E-state index in [1.54, 1.807) is 0 Å². The Morgan fingerprint density at radius 1 is 1.12 bits per heavy atom. The predicted molar refractivity (Wildman–Crippen MR) is 48.6 cm³/mol. The summed E-state index contributed by atoms with van der Waals surface area (Å²) in [6, 6.07) is -5.17. The summed E-state index contributed by atoms with van der Waals surface area (Å²) in [6.45, 7) is -0.907. The summed E-state index contributed by atoms with van der Waals surface area (Å²) < 4.78 is 59.5. The van der Waals surface area contributed by atoms with Crippen molar-refractivity contribution in [3.8, 4) is 0 Å². The topological polar surface area (TPSA) is 27.6 Å². The Morgan fingerprint density at radius 2 is 1.62 bits per heavy atom. The molecule has 1 aliphatic rings. The zero-order valence-electron chi connectivity index (χ0n) is 7.13. The Hall–Kier alpha value is -0.210. The highest BCUT2D eigenvalue weighted by Gasteiger charge is 2.65. The van der Waals surface area contributed by atoms with Gasteiger partial charge >= 0.3 is 12.2 Å². The molecule has 1 heterocycles.